The van der Waals surface area contributed by atoms with Gasteiger partial charge in [-0.25, -0.2) is 0 Å². The van der Waals surface area contributed by atoms with E-state index in [0.29, 0.717) is 18.5 Å². The first-order valence-corrected chi connectivity index (χ1v) is 9.37. The zero-order valence-corrected chi connectivity index (χ0v) is 19.1. The van der Waals surface area contributed by atoms with Gasteiger partial charge in [0, 0.05) is 39.8 Å². The molecule has 1 aromatic rings. The Morgan fingerprint density at radius 3 is 2.59 bits per heavy atom. The van der Waals surface area contributed by atoms with Crippen LogP contribution in [0.2, 0.25) is 0 Å². The Labute approximate surface area is 187 Å². The first kappa shape index (κ1) is 25.8. The number of aliphatic imine (C=N–C) groups is 1. The predicted molar refractivity (Wildman–Crippen MR) is 118 cm³/mol. The topological polar surface area (TPSA) is 58.1 Å². The second kappa shape index (κ2) is 13.1. The van der Waals surface area contributed by atoms with Crippen LogP contribution in [0.15, 0.2) is 29.3 Å². The van der Waals surface area contributed by atoms with Crippen LogP contribution < -0.4 is 15.4 Å². The number of ether oxygens (including phenoxy) is 2. The van der Waals surface area contributed by atoms with Crippen molar-refractivity contribution in [1.29, 1.82) is 0 Å². The van der Waals surface area contributed by atoms with Crippen LogP contribution in [-0.4, -0.2) is 70.1 Å². The van der Waals surface area contributed by atoms with Gasteiger partial charge in [0.2, 0.25) is 0 Å². The zero-order valence-electron chi connectivity index (χ0n) is 16.8. The third-order valence-electron chi connectivity index (χ3n) is 4.60. The molecular formula is C19H30F3IN4O2. The van der Waals surface area contributed by atoms with E-state index in [-0.39, 0.29) is 29.7 Å². The van der Waals surface area contributed by atoms with Crippen LogP contribution in [-0.2, 0) is 11.3 Å². The van der Waals surface area contributed by atoms with Crippen molar-refractivity contribution in [2.45, 2.75) is 31.6 Å². The van der Waals surface area contributed by atoms with Gasteiger partial charge in [-0.1, -0.05) is 12.1 Å². The molecule has 2 N–H and O–H groups in total. The van der Waals surface area contributed by atoms with E-state index in [1.807, 2.05) is 0 Å². The lowest BCUT2D eigenvalue weighted by molar-refractivity contribution is -0.153. The van der Waals surface area contributed by atoms with Crippen molar-refractivity contribution in [3.8, 4) is 5.75 Å². The van der Waals surface area contributed by atoms with E-state index in [1.165, 1.54) is 18.6 Å². The summed E-state index contributed by atoms with van der Waals surface area (Å²) < 4.78 is 46.4. The molecule has 1 fully saturated rings. The van der Waals surface area contributed by atoms with E-state index in [2.05, 4.69) is 20.5 Å². The van der Waals surface area contributed by atoms with Gasteiger partial charge in [0.1, 0.15) is 5.75 Å². The van der Waals surface area contributed by atoms with Gasteiger partial charge < -0.3 is 20.1 Å². The Bertz CT molecular complexity index is 614. The fourth-order valence-corrected chi connectivity index (χ4v) is 3.12. The van der Waals surface area contributed by atoms with Gasteiger partial charge in [0.15, 0.2) is 12.6 Å². The number of guanidine groups is 1. The number of likely N-dealkylation sites (tertiary alicyclic amines) is 1. The molecule has 0 aliphatic carbocycles. The summed E-state index contributed by atoms with van der Waals surface area (Å²) >= 11 is 0. The standard InChI is InChI=1S/C19H29F3N4O2.HI/c1-23-18(25-13-16-4-3-9-26(16)10-11-27-2)24-12-15-5-7-17(8-6-15)28-14-19(20,21)22;/h5-8,16H,3-4,9-14H2,1-2H3,(H2,23,24,25);1H. The van der Waals surface area contributed by atoms with Crippen LogP contribution in [0.1, 0.15) is 18.4 Å². The van der Waals surface area contributed by atoms with Gasteiger partial charge in [0.05, 0.1) is 6.61 Å². The summed E-state index contributed by atoms with van der Waals surface area (Å²) in [5, 5.41) is 6.56. The minimum absolute atomic E-state index is 0. The van der Waals surface area contributed by atoms with Crippen LogP contribution in [0.25, 0.3) is 0 Å². The average Bonchev–Trinajstić information content (AvgIpc) is 3.12. The van der Waals surface area contributed by atoms with Crippen molar-refractivity contribution >= 4 is 29.9 Å². The molecule has 0 saturated carbocycles. The number of rotatable bonds is 9. The lowest BCUT2D eigenvalue weighted by atomic mass is 10.2. The molecule has 2 rings (SSSR count). The smallest absolute Gasteiger partial charge is 0.422 e. The number of methoxy groups -OCH3 is 1. The first-order chi connectivity index (χ1) is 13.4. The van der Waals surface area contributed by atoms with Crippen molar-refractivity contribution in [1.82, 2.24) is 15.5 Å². The predicted octanol–water partition coefficient (Wildman–Crippen LogP) is 3.02. The summed E-state index contributed by atoms with van der Waals surface area (Å²) in [5.74, 6) is 0.886. The number of nitrogens with zero attached hydrogens (tertiary/aromatic N) is 2. The van der Waals surface area contributed by atoms with Crippen molar-refractivity contribution in [2.24, 2.45) is 4.99 Å². The average molecular weight is 530 g/mol. The minimum atomic E-state index is -4.34. The Morgan fingerprint density at radius 2 is 1.97 bits per heavy atom. The molecule has 166 valence electrons. The number of hydrogen-bond donors (Lipinski definition) is 2. The zero-order chi connectivity index (χ0) is 20.4. The molecular weight excluding hydrogens is 500 g/mol. The van der Waals surface area contributed by atoms with Gasteiger partial charge >= 0.3 is 6.18 Å². The summed E-state index contributed by atoms with van der Waals surface area (Å²) in [6, 6.07) is 6.99. The summed E-state index contributed by atoms with van der Waals surface area (Å²) in [6.07, 6.45) is -2.01. The van der Waals surface area contributed by atoms with E-state index < -0.39 is 12.8 Å². The van der Waals surface area contributed by atoms with Gasteiger partial charge in [-0.2, -0.15) is 13.2 Å². The number of alkyl halides is 3. The summed E-state index contributed by atoms with van der Waals surface area (Å²) in [5.41, 5.74) is 0.921. The van der Waals surface area contributed by atoms with Crippen molar-refractivity contribution in [2.75, 3.05) is 47.0 Å². The van der Waals surface area contributed by atoms with E-state index >= 15 is 0 Å². The summed E-state index contributed by atoms with van der Waals surface area (Å²) in [6.45, 7) is 2.77. The third-order valence-corrected chi connectivity index (χ3v) is 4.60. The second-order valence-electron chi connectivity index (χ2n) is 6.68. The number of benzene rings is 1. The maximum atomic E-state index is 12.2. The van der Waals surface area contributed by atoms with Crippen LogP contribution in [0.4, 0.5) is 13.2 Å². The monoisotopic (exact) mass is 530 g/mol. The molecule has 1 aliphatic heterocycles. The third kappa shape index (κ3) is 9.85. The Kier molecular flexibility index (Phi) is 11.7. The molecule has 1 saturated heterocycles. The molecule has 1 aromatic carbocycles. The van der Waals surface area contributed by atoms with Crippen LogP contribution in [0.3, 0.4) is 0 Å². The van der Waals surface area contributed by atoms with Crippen LogP contribution in [0.5, 0.6) is 5.75 Å². The SMILES string of the molecule is CN=C(NCc1ccc(OCC(F)(F)F)cc1)NCC1CCCN1CCOC.I. The summed E-state index contributed by atoms with van der Waals surface area (Å²) in [7, 11) is 3.42. The molecule has 0 radical (unpaired) electrons. The van der Waals surface area contributed by atoms with Gasteiger partial charge in [-0.05, 0) is 37.1 Å². The van der Waals surface area contributed by atoms with E-state index in [0.717, 1.165) is 38.2 Å². The Morgan fingerprint density at radius 1 is 1.24 bits per heavy atom. The Hall–Kier alpha value is -1.27. The molecule has 0 amide bonds. The Balaban J connectivity index is 0.00000420. The van der Waals surface area contributed by atoms with Crippen molar-refractivity contribution in [3.05, 3.63) is 29.8 Å². The van der Waals surface area contributed by atoms with Crippen molar-refractivity contribution in [3.63, 3.8) is 0 Å². The highest BCUT2D eigenvalue weighted by molar-refractivity contribution is 14.0. The highest BCUT2D eigenvalue weighted by Gasteiger charge is 2.28. The molecule has 0 spiro atoms. The van der Waals surface area contributed by atoms with Gasteiger partial charge in [-0.15, -0.1) is 24.0 Å². The molecule has 1 heterocycles. The lowest BCUT2D eigenvalue weighted by Crippen LogP contribution is -2.45. The molecule has 10 heteroatoms. The van der Waals surface area contributed by atoms with Crippen molar-refractivity contribution < 1.29 is 22.6 Å². The highest BCUT2D eigenvalue weighted by atomic mass is 127. The van der Waals surface area contributed by atoms with Crippen LogP contribution >= 0.6 is 24.0 Å². The highest BCUT2D eigenvalue weighted by Crippen LogP contribution is 2.19. The normalized spacial score (nSPS) is 17.7. The largest absolute Gasteiger partial charge is 0.484 e. The molecule has 1 aliphatic rings. The number of hydrogen-bond acceptors (Lipinski definition) is 4. The lowest BCUT2D eigenvalue weighted by Gasteiger charge is -2.25. The van der Waals surface area contributed by atoms with Gasteiger partial charge in [-0.3, -0.25) is 9.89 Å². The van der Waals surface area contributed by atoms with E-state index in [4.69, 9.17) is 9.47 Å². The summed E-state index contributed by atoms with van der Waals surface area (Å²) in [4.78, 5) is 6.65. The van der Waals surface area contributed by atoms with Gasteiger partial charge in [0.25, 0.3) is 0 Å². The molecule has 1 unspecified atom stereocenters. The fourth-order valence-electron chi connectivity index (χ4n) is 3.12. The minimum Gasteiger partial charge on any atom is -0.484 e. The molecule has 6 nitrogen and oxygen atoms in total. The number of nitrogens with one attached hydrogen (secondary N) is 2. The quantitative estimate of drug-likeness (QED) is 0.292. The molecule has 1 atom stereocenters. The fraction of sp³-hybridized carbons (Fsp3) is 0.632. The maximum Gasteiger partial charge on any atom is 0.422 e. The van der Waals surface area contributed by atoms with E-state index in [1.54, 1.807) is 26.3 Å². The maximum absolute atomic E-state index is 12.2. The van der Waals surface area contributed by atoms with E-state index in [9.17, 15) is 13.2 Å². The van der Waals surface area contributed by atoms with Crippen LogP contribution in [0, 0.1) is 0 Å². The number of halogens is 4. The molecule has 0 aromatic heterocycles. The molecule has 29 heavy (non-hydrogen) atoms. The second-order valence-corrected chi connectivity index (χ2v) is 6.68. The first-order valence-electron chi connectivity index (χ1n) is 9.37. The molecule has 0 bridgehead atoms.